The van der Waals surface area contributed by atoms with Crippen LogP contribution in [0, 0.1) is 0 Å². The number of hydrogen-bond donors (Lipinski definition) is 2. The van der Waals surface area contributed by atoms with E-state index < -0.39 is 6.04 Å². The molecule has 0 fully saturated rings. The molecule has 2 N–H and O–H groups in total. The summed E-state index contributed by atoms with van der Waals surface area (Å²) in [7, 11) is 1.66. The van der Waals surface area contributed by atoms with Crippen LogP contribution >= 0.6 is 12.6 Å². The Morgan fingerprint density at radius 3 is 2.74 bits per heavy atom. The molecule has 1 aliphatic rings. The molecule has 3 rings (SSSR count). The number of carbonyl (C=O) groups excluding carboxylic acids is 1. The molecule has 0 aliphatic carbocycles. The number of fused-ring (bicyclic) bond motifs is 1. The van der Waals surface area contributed by atoms with Crippen LogP contribution in [-0.4, -0.2) is 45.8 Å². The van der Waals surface area contributed by atoms with E-state index in [-0.39, 0.29) is 11.9 Å². The minimum Gasteiger partial charge on any atom is -0.497 e. The lowest BCUT2D eigenvalue weighted by molar-refractivity contribution is -0.136. The first kappa shape index (κ1) is 19.8. The summed E-state index contributed by atoms with van der Waals surface area (Å²) in [5, 5.41) is 0. The van der Waals surface area contributed by atoms with Crippen LogP contribution < -0.4 is 10.5 Å². The van der Waals surface area contributed by atoms with Crippen LogP contribution in [0.4, 0.5) is 0 Å². The molecular weight excluding hydrogens is 360 g/mol. The Balaban J connectivity index is 1.92. The number of nitrogens with zero attached hydrogens (tertiary/aromatic N) is 3. The van der Waals surface area contributed by atoms with Crippen molar-refractivity contribution < 1.29 is 9.53 Å². The molecule has 146 valence electrons. The maximum Gasteiger partial charge on any atom is 0.241 e. The van der Waals surface area contributed by atoms with Gasteiger partial charge < -0.3 is 19.9 Å². The van der Waals surface area contributed by atoms with E-state index in [0.29, 0.717) is 12.3 Å². The molecule has 1 aliphatic heterocycles. The van der Waals surface area contributed by atoms with E-state index in [2.05, 4.69) is 30.3 Å². The molecule has 2 heterocycles. The predicted molar refractivity (Wildman–Crippen MR) is 110 cm³/mol. The van der Waals surface area contributed by atoms with Gasteiger partial charge in [-0.2, -0.15) is 12.6 Å². The number of amides is 1. The van der Waals surface area contributed by atoms with E-state index in [1.165, 1.54) is 0 Å². The van der Waals surface area contributed by atoms with Crippen molar-refractivity contribution >= 4 is 18.5 Å². The second kappa shape index (κ2) is 8.80. The largest absolute Gasteiger partial charge is 0.497 e. The number of methoxy groups -OCH3 is 1. The number of thiol groups is 1. The molecule has 0 saturated heterocycles. The summed E-state index contributed by atoms with van der Waals surface area (Å²) in [6, 6.07) is 7.28. The third kappa shape index (κ3) is 4.14. The average Bonchev–Trinajstić information content (AvgIpc) is 3.15. The van der Waals surface area contributed by atoms with Gasteiger partial charge in [0.05, 0.1) is 24.9 Å². The third-order valence-corrected chi connectivity index (χ3v) is 5.47. The van der Waals surface area contributed by atoms with Crippen molar-refractivity contribution in [2.24, 2.45) is 5.73 Å². The van der Waals surface area contributed by atoms with E-state index in [4.69, 9.17) is 15.5 Å². The summed E-state index contributed by atoms with van der Waals surface area (Å²) in [6.45, 7) is 3.54. The van der Waals surface area contributed by atoms with Crippen LogP contribution in [-0.2, 0) is 11.3 Å². The zero-order valence-corrected chi connectivity index (χ0v) is 16.9. The van der Waals surface area contributed by atoms with Crippen molar-refractivity contribution in [3.8, 4) is 17.0 Å². The lowest BCUT2D eigenvalue weighted by atomic mass is 10.0. The van der Waals surface area contributed by atoms with Crippen LogP contribution in [0.15, 0.2) is 30.5 Å². The van der Waals surface area contributed by atoms with Crippen LogP contribution in [0.5, 0.6) is 5.75 Å². The highest BCUT2D eigenvalue weighted by atomic mass is 32.1. The maximum atomic E-state index is 12.8. The smallest absolute Gasteiger partial charge is 0.241 e. The first-order chi connectivity index (χ1) is 13.1. The summed E-state index contributed by atoms with van der Waals surface area (Å²) in [5.41, 5.74) is 7.93. The molecule has 0 radical (unpaired) electrons. The Labute approximate surface area is 166 Å². The highest BCUT2D eigenvalue weighted by Crippen LogP contribution is 2.32. The molecule has 1 aromatic carbocycles. The number of aromatic nitrogens is 2. The van der Waals surface area contributed by atoms with Crippen LogP contribution in [0.2, 0.25) is 0 Å². The van der Waals surface area contributed by atoms with E-state index >= 15 is 0 Å². The van der Waals surface area contributed by atoms with Crippen molar-refractivity contribution in [2.45, 2.75) is 44.8 Å². The van der Waals surface area contributed by atoms with E-state index in [9.17, 15) is 4.79 Å². The Kier molecular flexibility index (Phi) is 6.44. The van der Waals surface area contributed by atoms with Gasteiger partial charge in [0.25, 0.3) is 0 Å². The standard InChI is InChI=1S/C20H28N4O2S/c1-3-4-5-18-19-22-17(14-6-8-15(26-2)9-7-14)12-23(19)10-11-24(18)20(25)16(21)13-27/h6-9,12,16,18,27H,3-5,10-11,13,21H2,1-2H3/t16-,18-/m0/s1. The van der Waals surface area contributed by atoms with E-state index in [1.54, 1.807) is 7.11 Å². The number of nitrogens with two attached hydrogens (primary N) is 1. The normalized spacial score (nSPS) is 17.5. The molecule has 2 aromatic rings. The Bertz CT molecular complexity index is 775. The second-order valence-electron chi connectivity index (χ2n) is 6.88. The monoisotopic (exact) mass is 388 g/mol. The fraction of sp³-hybridized carbons (Fsp3) is 0.500. The van der Waals surface area contributed by atoms with Crippen molar-refractivity contribution in [2.75, 3.05) is 19.4 Å². The summed E-state index contributed by atoms with van der Waals surface area (Å²) < 4.78 is 7.41. The van der Waals surface area contributed by atoms with Gasteiger partial charge in [-0.25, -0.2) is 4.98 Å². The number of imidazole rings is 1. The minimum atomic E-state index is -0.569. The molecule has 0 saturated carbocycles. The minimum absolute atomic E-state index is 0.0358. The topological polar surface area (TPSA) is 73.4 Å². The highest BCUT2D eigenvalue weighted by Gasteiger charge is 2.34. The zero-order chi connectivity index (χ0) is 19.4. The predicted octanol–water partition coefficient (Wildman–Crippen LogP) is 2.89. The SMILES string of the molecule is CCCC[C@H]1c2nc(-c3ccc(OC)cc3)cn2CCN1C(=O)[C@@H](N)CS. The highest BCUT2D eigenvalue weighted by molar-refractivity contribution is 7.80. The molecule has 6 nitrogen and oxygen atoms in total. The third-order valence-electron chi connectivity index (χ3n) is 5.08. The van der Waals surface area contributed by atoms with Gasteiger partial charge in [0.2, 0.25) is 5.91 Å². The van der Waals surface area contributed by atoms with Crippen LogP contribution in [0.3, 0.4) is 0 Å². The number of ether oxygens (including phenoxy) is 1. The second-order valence-corrected chi connectivity index (χ2v) is 7.25. The van der Waals surface area contributed by atoms with Crippen molar-refractivity contribution in [3.05, 3.63) is 36.3 Å². The molecule has 0 unspecified atom stereocenters. The fourth-order valence-corrected chi connectivity index (χ4v) is 3.68. The Hall–Kier alpha value is -1.99. The van der Waals surface area contributed by atoms with Crippen molar-refractivity contribution in [3.63, 3.8) is 0 Å². The molecule has 2 atom stereocenters. The van der Waals surface area contributed by atoms with Crippen LogP contribution in [0.25, 0.3) is 11.3 Å². The number of carbonyl (C=O) groups is 1. The van der Waals surface area contributed by atoms with E-state index in [1.807, 2.05) is 29.2 Å². The number of unbranched alkanes of at least 4 members (excludes halogenated alkanes) is 1. The summed E-state index contributed by atoms with van der Waals surface area (Å²) in [5.74, 6) is 2.08. The summed E-state index contributed by atoms with van der Waals surface area (Å²) in [6.07, 6.45) is 5.08. The van der Waals surface area contributed by atoms with Crippen molar-refractivity contribution in [1.29, 1.82) is 0 Å². The number of rotatable bonds is 7. The maximum absolute atomic E-state index is 12.8. The molecule has 1 amide bonds. The number of benzene rings is 1. The molecular formula is C20H28N4O2S. The van der Waals surface area contributed by atoms with Gasteiger partial charge in [0.15, 0.2) is 0 Å². The molecule has 27 heavy (non-hydrogen) atoms. The molecule has 0 spiro atoms. The van der Waals surface area contributed by atoms with Gasteiger partial charge >= 0.3 is 0 Å². The van der Waals surface area contributed by atoms with Gasteiger partial charge in [-0.3, -0.25) is 4.79 Å². The first-order valence-corrected chi connectivity index (χ1v) is 10.1. The van der Waals surface area contributed by atoms with Gasteiger partial charge in [0, 0.05) is 30.6 Å². The summed E-state index contributed by atoms with van der Waals surface area (Å²) in [4.78, 5) is 19.6. The van der Waals surface area contributed by atoms with Gasteiger partial charge in [-0.1, -0.05) is 19.8 Å². The van der Waals surface area contributed by atoms with Crippen LogP contribution in [0.1, 0.15) is 38.1 Å². The van der Waals surface area contributed by atoms with Gasteiger partial charge in [-0.05, 0) is 30.7 Å². The fourth-order valence-electron chi connectivity index (χ4n) is 3.52. The van der Waals surface area contributed by atoms with Gasteiger partial charge in [0.1, 0.15) is 11.6 Å². The zero-order valence-electron chi connectivity index (χ0n) is 16.0. The Morgan fingerprint density at radius 1 is 1.37 bits per heavy atom. The molecule has 0 bridgehead atoms. The molecule has 7 heteroatoms. The first-order valence-electron chi connectivity index (χ1n) is 9.47. The van der Waals surface area contributed by atoms with E-state index in [0.717, 1.165) is 48.6 Å². The summed E-state index contributed by atoms with van der Waals surface area (Å²) >= 11 is 4.19. The van der Waals surface area contributed by atoms with Crippen molar-refractivity contribution in [1.82, 2.24) is 14.5 Å². The average molecular weight is 389 g/mol. The number of hydrogen-bond acceptors (Lipinski definition) is 5. The molecule has 1 aromatic heterocycles. The Morgan fingerprint density at radius 2 is 2.11 bits per heavy atom. The lowest BCUT2D eigenvalue weighted by Crippen LogP contribution is -2.50. The van der Waals surface area contributed by atoms with Gasteiger partial charge in [-0.15, -0.1) is 0 Å². The quantitative estimate of drug-likeness (QED) is 0.716. The lowest BCUT2D eigenvalue weighted by Gasteiger charge is -2.37.